The standard InChI is InChI=1S/C7H6ClF2NO.C7H7F2NO2.C2H6/c8-4-5-6(12-7(9)10)2-1-3-11-5;8-7(9)12-6-2-1-3-10-5(6)4-11;1-2/h1-3,7H,4H2;1-3,7,11H,4H2;1-2H3. The average Bonchev–Trinajstić information content (AvgIpc) is 2.64. The molecule has 0 saturated heterocycles. The van der Waals surface area contributed by atoms with Gasteiger partial charge in [0.05, 0.1) is 18.2 Å². The summed E-state index contributed by atoms with van der Waals surface area (Å²) in [5.41, 5.74) is 0.428. The number of alkyl halides is 5. The highest BCUT2D eigenvalue weighted by atomic mass is 35.5. The first-order chi connectivity index (χ1) is 12.5. The Morgan fingerprint density at radius 3 is 1.73 bits per heavy atom. The molecule has 2 aromatic heterocycles. The lowest BCUT2D eigenvalue weighted by Crippen LogP contribution is -2.05. The molecule has 0 aliphatic heterocycles. The van der Waals surface area contributed by atoms with Gasteiger partial charge in [-0.3, -0.25) is 9.97 Å². The number of hydrogen-bond donors (Lipinski definition) is 1. The van der Waals surface area contributed by atoms with E-state index in [9.17, 15) is 17.6 Å². The van der Waals surface area contributed by atoms with Crippen LogP contribution >= 0.6 is 11.6 Å². The number of aliphatic hydroxyl groups excluding tert-OH is 1. The first-order valence-electron chi connectivity index (χ1n) is 7.42. The Morgan fingerprint density at radius 2 is 1.35 bits per heavy atom. The zero-order chi connectivity index (χ0) is 19.9. The van der Waals surface area contributed by atoms with Crippen molar-refractivity contribution in [3.05, 3.63) is 48.0 Å². The Bertz CT molecular complexity index is 568. The lowest BCUT2D eigenvalue weighted by atomic mass is 10.3. The summed E-state index contributed by atoms with van der Waals surface area (Å²) in [5, 5.41) is 8.64. The predicted molar refractivity (Wildman–Crippen MR) is 88.6 cm³/mol. The van der Waals surface area contributed by atoms with Crippen molar-refractivity contribution >= 4 is 11.6 Å². The Kier molecular flexibility index (Phi) is 12.9. The normalized spacial score (nSPS) is 9.77. The lowest BCUT2D eigenvalue weighted by Gasteiger charge is -2.06. The van der Waals surface area contributed by atoms with Crippen molar-refractivity contribution in [1.29, 1.82) is 0 Å². The van der Waals surface area contributed by atoms with E-state index in [-0.39, 0.29) is 23.1 Å². The van der Waals surface area contributed by atoms with Crippen LogP contribution in [0.15, 0.2) is 36.7 Å². The molecular weight excluding hydrogens is 380 g/mol. The Labute approximate surface area is 153 Å². The number of aromatic nitrogens is 2. The molecule has 26 heavy (non-hydrogen) atoms. The van der Waals surface area contributed by atoms with Gasteiger partial charge in [0.15, 0.2) is 0 Å². The highest BCUT2D eigenvalue weighted by molar-refractivity contribution is 6.17. The van der Waals surface area contributed by atoms with Crippen LogP contribution in [0.2, 0.25) is 0 Å². The van der Waals surface area contributed by atoms with Crippen molar-refractivity contribution in [1.82, 2.24) is 9.97 Å². The number of nitrogens with zero attached hydrogens (tertiary/aromatic N) is 2. The van der Waals surface area contributed by atoms with Gasteiger partial charge in [-0.05, 0) is 24.3 Å². The highest BCUT2D eigenvalue weighted by Gasteiger charge is 2.09. The maximum Gasteiger partial charge on any atom is 0.387 e. The quantitative estimate of drug-likeness (QED) is 0.568. The third kappa shape index (κ3) is 9.38. The van der Waals surface area contributed by atoms with Crippen LogP contribution in [0.25, 0.3) is 0 Å². The van der Waals surface area contributed by atoms with Crippen molar-refractivity contribution in [2.45, 2.75) is 39.6 Å². The van der Waals surface area contributed by atoms with E-state index in [4.69, 9.17) is 16.7 Å². The van der Waals surface area contributed by atoms with E-state index in [2.05, 4.69) is 19.4 Å². The average molecular weight is 399 g/mol. The van der Waals surface area contributed by atoms with Gasteiger partial charge in [0.1, 0.15) is 17.2 Å². The van der Waals surface area contributed by atoms with Crippen LogP contribution in [0, 0.1) is 0 Å². The second kappa shape index (κ2) is 14.1. The van der Waals surface area contributed by atoms with Crippen LogP contribution in [0.5, 0.6) is 11.5 Å². The van der Waals surface area contributed by atoms with Gasteiger partial charge in [0.25, 0.3) is 0 Å². The molecule has 0 aromatic carbocycles. The monoisotopic (exact) mass is 398 g/mol. The van der Waals surface area contributed by atoms with Gasteiger partial charge in [0, 0.05) is 12.4 Å². The molecule has 2 aromatic rings. The van der Waals surface area contributed by atoms with E-state index in [1.165, 1.54) is 36.7 Å². The fraction of sp³-hybridized carbons (Fsp3) is 0.375. The number of halogens is 5. The van der Waals surface area contributed by atoms with Crippen molar-refractivity contribution in [2.24, 2.45) is 0 Å². The third-order valence-corrected chi connectivity index (χ3v) is 2.66. The SMILES string of the molecule is CC.FC(F)Oc1cccnc1CCl.OCc1ncccc1OC(F)F. The van der Waals surface area contributed by atoms with Gasteiger partial charge in [-0.25, -0.2) is 0 Å². The van der Waals surface area contributed by atoms with E-state index < -0.39 is 19.8 Å². The summed E-state index contributed by atoms with van der Waals surface area (Å²) < 4.78 is 55.1. The fourth-order valence-electron chi connectivity index (χ4n) is 1.47. The van der Waals surface area contributed by atoms with Crippen LogP contribution < -0.4 is 9.47 Å². The summed E-state index contributed by atoms with van der Waals surface area (Å²) in [4.78, 5) is 7.40. The summed E-state index contributed by atoms with van der Waals surface area (Å²) in [6, 6.07) is 5.69. The molecule has 5 nitrogen and oxygen atoms in total. The van der Waals surface area contributed by atoms with Crippen molar-refractivity contribution < 1.29 is 32.1 Å². The molecule has 1 N–H and O–H groups in total. The van der Waals surface area contributed by atoms with E-state index in [1.54, 1.807) is 0 Å². The van der Waals surface area contributed by atoms with Gasteiger partial charge in [0.2, 0.25) is 0 Å². The molecule has 0 unspecified atom stereocenters. The molecule has 0 fully saturated rings. The van der Waals surface area contributed by atoms with Crippen molar-refractivity contribution in [3.8, 4) is 11.5 Å². The zero-order valence-electron chi connectivity index (χ0n) is 14.1. The Balaban J connectivity index is 0.000000439. The van der Waals surface area contributed by atoms with Gasteiger partial charge >= 0.3 is 13.2 Å². The Hall–Kier alpha value is -2.13. The summed E-state index contributed by atoms with van der Waals surface area (Å²) in [5.74, 6) is 0.000556. The van der Waals surface area contributed by atoms with Gasteiger partial charge < -0.3 is 14.6 Å². The molecular formula is C16H19ClF4N2O3. The molecule has 0 saturated carbocycles. The zero-order valence-corrected chi connectivity index (χ0v) is 14.8. The molecule has 146 valence electrons. The highest BCUT2D eigenvalue weighted by Crippen LogP contribution is 2.19. The molecule has 2 heterocycles. The molecule has 0 aliphatic rings. The van der Waals surface area contributed by atoms with E-state index in [0.717, 1.165) is 0 Å². The van der Waals surface area contributed by atoms with Gasteiger partial charge in [-0.15, -0.1) is 11.6 Å². The number of pyridine rings is 2. The summed E-state index contributed by atoms with van der Waals surface area (Å²) in [6.07, 6.45) is 2.86. The topological polar surface area (TPSA) is 64.5 Å². The van der Waals surface area contributed by atoms with Crippen LogP contribution in [-0.4, -0.2) is 28.3 Å². The van der Waals surface area contributed by atoms with Crippen molar-refractivity contribution in [2.75, 3.05) is 0 Å². The Morgan fingerprint density at radius 1 is 0.923 bits per heavy atom. The van der Waals surface area contributed by atoms with Crippen molar-refractivity contribution in [3.63, 3.8) is 0 Å². The summed E-state index contributed by atoms with van der Waals surface area (Å²) >= 11 is 5.43. The number of rotatable bonds is 6. The molecule has 0 atom stereocenters. The second-order valence-electron chi connectivity index (χ2n) is 3.95. The number of aliphatic hydroxyl groups is 1. The fourth-order valence-corrected chi connectivity index (χ4v) is 1.67. The lowest BCUT2D eigenvalue weighted by molar-refractivity contribution is -0.0516. The maximum absolute atomic E-state index is 11.7. The molecule has 0 aliphatic carbocycles. The maximum atomic E-state index is 11.7. The minimum absolute atomic E-state index is 0.0301. The number of ether oxygens (including phenoxy) is 2. The van der Waals surface area contributed by atoms with Gasteiger partial charge in [-0.1, -0.05) is 13.8 Å². The molecule has 0 amide bonds. The first-order valence-corrected chi connectivity index (χ1v) is 7.95. The molecule has 0 spiro atoms. The van der Waals surface area contributed by atoms with Gasteiger partial charge in [-0.2, -0.15) is 17.6 Å². The van der Waals surface area contributed by atoms with Crippen LogP contribution in [-0.2, 0) is 12.5 Å². The summed E-state index contributed by atoms with van der Waals surface area (Å²) in [6.45, 7) is -2.14. The minimum Gasteiger partial charge on any atom is -0.433 e. The van der Waals surface area contributed by atoms with E-state index in [1.807, 2.05) is 13.8 Å². The molecule has 2 rings (SSSR count). The summed E-state index contributed by atoms with van der Waals surface area (Å²) in [7, 11) is 0. The van der Waals surface area contributed by atoms with Crippen LogP contribution in [0.4, 0.5) is 17.6 Å². The van der Waals surface area contributed by atoms with E-state index in [0.29, 0.717) is 5.69 Å². The van der Waals surface area contributed by atoms with Crippen LogP contribution in [0.1, 0.15) is 25.2 Å². The molecule has 0 bridgehead atoms. The largest absolute Gasteiger partial charge is 0.433 e. The third-order valence-electron chi connectivity index (χ3n) is 2.41. The minimum atomic E-state index is -2.89. The number of hydrogen-bond acceptors (Lipinski definition) is 5. The van der Waals surface area contributed by atoms with E-state index >= 15 is 0 Å². The first kappa shape index (κ1) is 23.9. The smallest absolute Gasteiger partial charge is 0.387 e. The predicted octanol–water partition coefficient (Wildman–Crippen LogP) is 4.62. The molecule has 10 heteroatoms. The second-order valence-corrected chi connectivity index (χ2v) is 4.21. The van der Waals surface area contributed by atoms with Crippen LogP contribution in [0.3, 0.4) is 0 Å². The molecule has 0 radical (unpaired) electrons.